The molecule has 5 heteroatoms. The van der Waals surface area contributed by atoms with Crippen LogP contribution in [0.4, 0.5) is 4.39 Å². The number of likely N-dealkylation sites (tertiary alicyclic amines) is 1. The van der Waals surface area contributed by atoms with Crippen LogP contribution in [0.1, 0.15) is 49.5 Å². The number of aliphatic imine (C=N–C) groups is 1. The Morgan fingerprint density at radius 3 is 2.75 bits per heavy atom. The quantitative estimate of drug-likeness (QED) is 0.867. The smallest absolute Gasteiger partial charge is 0.256 e. The Hall–Kier alpha value is -2.01. The zero-order valence-corrected chi connectivity index (χ0v) is 16.8. The van der Waals surface area contributed by atoms with E-state index >= 15 is 4.39 Å². The lowest BCUT2D eigenvalue weighted by Gasteiger charge is -2.41. The number of hydrogen-bond donors (Lipinski definition) is 1. The predicted molar refractivity (Wildman–Crippen MR) is 109 cm³/mol. The zero-order chi connectivity index (χ0) is 19.7. The van der Waals surface area contributed by atoms with Crippen LogP contribution in [-0.4, -0.2) is 42.8 Å². The summed E-state index contributed by atoms with van der Waals surface area (Å²) in [5.41, 5.74) is 1.62. The molecule has 3 aliphatic heterocycles. The van der Waals surface area contributed by atoms with Gasteiger partial charge in [-0.3, -0.25) is 15.1 Å². The fourth-order valence-electron chi connectivity index (χ4n) is 5.14. The van der Waals surface area contributed by atoms with Crippen LogP contribution < -0.4 is 5.32 Å². The third-order valence-electron chi connectivity index (χ3n) is 7.70. The number of nitrogens with zero attached hydrogens (tertiary/aromatic N) is 2. The second kappa shape index (κ2) is 5.99. The van der Waals surface area contributed by atoms with Gasteiger partial charge in [0.1, 0.15) is 12.0 Å². The highest BCUT2D eigenvalue weighted by molar-refractivity contribution is 6.11. The summed E-state index contributed by atoms with van der Waals surface area (Å²) >= 11 is 0. The molecule has 1 amide bonds. The Balaban J connectivity index is 1.44. The minimum atomic E-state index is -0.420. The molecular formula is C23H28FN3O. The highest BCUT2D eigenvalue weighted by atomic mass is 19.1. The summed E-state index contributed by atoms with van der Waals surface area (Å²) in [7, 11) is 0. The first-order valence-electron chi connectivity index (χ1n) is 10.4. The van der Waals surface area contributed by atoms with Gasteiger partial charge in [0.25, 0.3) is 5.91 Å². The number of carbonyl (C=O) groups is 1. The van der Waals surface area contributed by atoms with Crippen LogP contribution in [0.5, 0.6) is 0 Å². The molecule has 2 saturated heterocycles. The molecule has 3 fully saturated rings. The molecule has 148 valence electrons. The van der Waals surface area contributed by atoms with Gasteiger partial charge in [-0.1, -0.05) is 39.0 Å². The average Bonchev–Trinajstić information content (AvgIpc) is 3.35. The highest BCUT2D eigenvalue weighted by Crippen LogP contribution is 2.64. The number of fused-ring (bicyclic) bond motifs is 2. The van der Waals surface area contributed by atoms with Gasteiger partial charge in [-0.2, -0.15) is 0 Å². The summed E-state index contributed by atoms with van der Waals surface area (Å²) in [5.74, 6) is 0.447. The largest absolute Gasteiger partial charge is 0.338 e. The highest BCUT2D eigenvalue weighted by Gasteiger charge is 2.63. The third-order valence-corrected chi connectivity index (χ3v) is 7.70. The lowest BCUT2D eigenvalue weighted by molar-refractivity contribution is 0.0403. The van der Waals surface area contributed by atoms with Crippen molar-refractivity contribution in [1.82, 2.24) is 10.2 Å². The van der Waals surface area contributed by atoms with Crippen molar-refractivity contribution in [2.45, 2.75) is 39.8 Å². The summed E-state index contributed by atoms with van der Waals surface area (Å²) in [4.78, 5) is 19.3. The van der Waals surface area contributed by atoms with E-state index in [4.69, 9.17) is 4.99 Å². The lowest BCUT2D eigenvalue weighted by atomic mass is 9.72. The molecule has 3 heterocycles. The Kier molecular flexibility index (Phi) is 3.86. The van der Waals surface area contributed by atoms with Crippen molar-refractivity contribution in [3.05, 3.63) is 41.2 Å². The van der Waals surface area contributed by atoms with Gasteiger partial charge in [0.05, 0.1) is 5.56 Å². The Bertz CT molecular complexity index is 895. The summed E-state index contributed by atoms with van der Waals surface area (Å²) in [6, 6.07) is 5.16. The first kappa shape index (κ1) is 18.0. The molecule has 1 spiro atoms. The fraction of sp³-hybridized carbons (Fsp3) is 0.565. The van der Waals surface area contributed by atoms with Crippen LogP contribution in [0.2, 0.25) is 0 Å². The molecular weight excluding hydrogens is 353 g/mol. The second-order valence-corrected chi connectivity index (χ2v) is 9.61. The maximum atomic E-state index is 15.4. The fourth-order valence-corrected chi connectivity index (χ4v) is 5.14. The predicted octanol–water partition coefficient (Wildman–Crippen LogP) is 3.74. The minimum Gasteiger partial charge on any atom is -0.338 e. The first-order valence-corrected chi connectivity index (χ1v) is 10.4. The number of amides is 1. The van der Waals surface area contributed by atoms with Crippen molar-refractivity contribution in [2.75, 3.05) is 19.6 Å². The summed E-state index contributed by atoms with van der Waals surface area (Å²) in [6.45, 7) is 8.99. The molecule has 0 bridgehead atoms. The van der Waals surface area contributed by atoms with E-state index in [2.05, 4.69) is 32.2 Å². The van der Waals surface area contributed by atoms with E-state index in [9.17, 15) is 4.79 Å². The molecule has 4 aliphatic rings. The monoisotopic (exact) mass is 381 g/mol. The number of benzene rings is 1. The van der Waals surface area contributed by atoms with Crippen molar-refractivity contribution >= 4 is 17.7 Å². The van der Waals surface area contributed by atoms with E-state index in [1.54, 1.807) is 29.3 Å². The van der Waals surface area contributed by atoms with Crippen LogP contribution in [0.25, 0.3) is 5.57 Å². The molecule has 4 nitrogen and oxygen atoms in total. The number of rotatable bonds is 3. The number of dihydropyridines is 1. The number of allylic oxidation sites excluding steroid dienone is 1. The second-order valence-electron chi connectivity index (χ2n) is 9.61. The Morgan fingerprint density at radius 2 is 2.07 bits per heavy atom. The molecule has 2 unspecified atom stereocenters. The van der Waals surface area contributed by atoms with Crippen molar-refractivity contribution in [3.8, 4) is 0 Å². The molecule has 1 aliphatic carbocycles. The van der Waals surface area contributed by atoms with Gasteiger partial charge in [-0.15, -0.1) is 0 Å². The van der Waals surface area contributed by atoms with Crippen molar-refractivity contribution in [1.29, 1.82) is 0 Å². The van der Waals surface area contributed by atoms with E-state index < -0.39 is 5.82 Å². The summed E-state index contributed by atoms with van der Waals surface area (Å²) < 4.78 is 15.4. The maximum absolute atomic E-state index is 15.4. The molecule has 2 atom stereocenters. The molecule has 1 aromatic carbocycles. The molecule has 1 saturated carbocycles. The molecule has 1 N–H and O–H groups in total. The van der Waals surface area contributed by atoms with E-state index in [1.165, 1.54) is 12.8 Å². The van der Waals surface area contributed by atoms with E-state index in [-0.39, 0.29) is 28.5 Å². The van der Waals surface area contributed by atoms with E-state index in [1.807, 2.05) is 0 Å². The third kappa shape index (κ3) is 2.45. The first-order chi connectivity index (χ1) is 13.3. The minimum absolute atomic E-state index is 0.0701. The van der Waals surface area contributed by atoms with Gasteiger partial charge in [-0.25, -0.2) is 4.39 Å². The van der Waals surface area contributed by atoms with Crippen LogP contribution >= 0.6 is 0 Å². The topological polar surface area (TPSA) is 44.7 Å². The van der Waals surface area contributed by atoms with E-state index in [0.29, 0.717) is 17.4 Å². The van der Waals surface area contributed by atoms with Gasteiger partial charge in [0.2, 0.25) is 0 Å². The van der Waals surface area contributed by atoms with Gasteiger partial charge in [0, 0.05) is 36.8 Å². The average molecular weight is 381 g/mol. The van der Waals surface area contributed by atoms with Crippen LogP contribution in [-0.2, 0) is 0 Å². The summed E-state index contributed by atoms with van der Waals surface area (Å²) in [6.07, 6.45) is 6.42. The Labute approximate surface area is 165 Å². The number of nitrogens with one attached hydrogen (secondary N) is 1. The number of hydrogen-bond acceptors (Lipinski definition) is 3. The van der Waals surface area contributed by atoms with Gasteiger partial charge in [0.15, 0.2) is 0 Å². The summed E-state index contributed by atoms with van der Waals surface area (Å²) in [5, 5.41) is 3.51. The van der Waals surface area contributed by atoms with Gasteiger partial charge in [-0.05, 0) is 41.7 Å². The molecule has 5 rings (SSSR count). The molecule has 0 aromatic heterocycles. The zero-order valence-electron chi connectivity index (χ0n) is 16.8. The molecule has 28 heavy (non-hydrogen) atoms. The van der Waals surface area contributed by atoms with Crippen molar-refractivity contribution in [3.63, 3.8) is 0 Å². The van der Waals surface area contributed by atoms with E-state index in [0.717, 1.165) is 25.2 Å². The van der Waals surface area contributed by atoms with Gasteiger partial charge < -0.3 is 4.90 Å². The van der Waals surface area contributed by atoms with Crippen LogP contribution in [0, 0.1) is 28.5 Å². The van der Waals surface area contributed by atoms with Crippen molar-refractivity contribution < 1.29 is 9.18 Å². The van der Waals surface area contributed by atoms with Crippen LogP contribution in [0.3, 0.4) is 0 Å². The normalized spacial score (nSPS) is 30.4. The van der Waals surface area contributed by atoms with Gasteiger partial charge >= 0.3 is 0 Å². The SMILES string of the molecule is CC(C)C1CN(C(=O)c2cccc(C3=CC4(C)C(N=C3)NCC43CC3)c2F)C1. The maximum Gasteiger partial charge on any atom is 0.256 e. The molecule has 0 radical (unpaired) electrons. The number of halogens is 1. The Morgan fingerprint density at radius 1 is 1.32 bits per heavy atom. The standard InChI is InChI=1S/C23H28FN3O/c1-14(2)16-11-27(12-16)20(28)18-6-4-5-17(19(18)24)15-9-22(3)21(25-10-15)26-13-23(22)7-8-23/h4-6,9-10,14,16,21,26H,7-8,11-13H2,1-3H3. The van der Waals surface area contributed by atoms with Crippen molar-refractivity contribution in [2.24, 2.45) is 27.7 Å². The lowest BCUT2D eigenvalue weighted by Crippen LogP contribution is -2.52. The molecule has 1 aromatic rings. The van der Waals surface area contributed by atoms with Crippen LogP contribution in [0.15, 0.2) is 29.3 Å². The number of carbonyl (C=O) groups excluding carboxylic acids is 1.